The number of nitrogens with one attached hydrogen (secondary N) is 1. The first-order valence-electron chi connectivity index (χ1n) is 10.3. The molecule has 9 heteroatoms. The van der Waals surface area contributed by atoms with E-state index in [0.717, 1.165) is 11.1 Å². The predicted molar refractivity (Wildman–Crippen MR) is 112 cm³/mol. The van der Waals surface area contributed by atoms with Crippen molar-refractivity contribution in [2.75, 3.05) is 19.8 Å². The summed E-state index contributed by atoms with van der Waals surface area (Å²) >= 11 is 0. The number of rotatable bonds is 6. The zero-order valence-corrected chi connectivity index (χ0v) is 17.6. The van der Waals surface area contributed by atoms with Crippen LogP contribution >= 0.6 is 0 Å². The summed E-state index contributed by atoms with van der Waals surface area (Å²) in [4.78, 5) is 26.9. The van der Waals surface area contributed by atoms with E-state index in [9.17, 15) is 4.79 Å². The SMILES string of the molecule is Cc1cccc(CNC(=O)c2cc(C3=NO[C@H]([C@H]4CO[C@H](CO)CO4)C3)nc(C)n2)c1. The van der Waals surface area contributed by atoms with Crippen LogP contribution in [0.3, 0.4) is 0 Å². The fourth-order valence-electron chi connectivity index (χ4n) is 3.55. The highest BCUT2D eigenvalue weighted by molar-refractivity contribution is 6.02. The van der Waals surface area contributed by atoms with Crippen molar-refractivity contribution in [3.8, 4) is 0 Å². The van der Waals surface area contributed by atoms with E-state index in [2.05, 4.69) is 20.4 Å². The highest BCUT2D eigenvalue weighted by Crippen LogP contribution is 2.23. The summed E-state index contributed by atoms with van der Waals surface area (Å²) in [7, 11) is 0. The number of hydrogen-bond donors (Lipinski definition) is 2. The normalized spacial score (nSPS) is 23.2. The van der Waals surface area contributed by atoms with Crippen LogP contribution in [0.1, 0.15) is 39.6 Å². The lowest BCUT2D eigenvalue weighted by Gasteiger charge is -2.30. The first-order valence-corrected chi connectivity index (χ1v) is 10.3. The fraction of sp³-hybridized carbons (Fsp3) is 0.455. The van der Waals surface area contributed by atoms with Gasteiger partial charge < -0.3 is 24.7 Å². The predicted octanol–water partition coefficient (Wildman–Crippen LogP) is 1.29. The molecule has 9 nitrogen and oxygen atoms in total. The summed E-state index contributed by atoms with van der Waals surface area (Å²) in [6, 6.07) is 9.60. The second-order valence-corrected chi connectivity index (χ2v) is 7.75. The number of ether oxygens (including phenoxy) is 2. The van der Waals surface area contributed by atoms with Crippen LogP contribution in [0.25, 0.3) is 0 Å². The van der Waals surface area contributed by atoms with Crippen molar-refractivity contribution in [1.29, 1.82) is 0 Å². The number of aryl methyl sites for hydroxylation is 2. The Bertz CT molecular complexity index is 972. The highest BCUT2D eigenvalue weighted by atomic mass is 16.7. The first kappa shape index (κ1) is 21.4. The lowest BCUT2D eigenvalue weighted by atomic mass is 10.0. The largest absolute Gasteiger partial charge is 0.394 e. The van der Waals surface area contributed by atoms with E-state index in [4.69, 9.17) is 19.4 Å². The summed E-state index contributed by atoms with van der Waals surface area (Å²) in [5, 5.41) is 16.2. The van der Waals surface area contributed by atoms with Crippen molar-refractivity contribution in [3.05, 3.63) is 58.7 Å². The van der Waals surface area contributed by atoms with Gasteiger partial charge in [-0.3, -0.25) is 4.79 Å². The number of aromatic nitrogens is 2. The van der Waals surface area contributed by atoms with Gasteiger partial charge in [0.05, 0.1) is 25.5 Å². The molecule has 2 aliphatic rings. The minimum absolute atomic E-state index is 0.0745. The lowest BCUT2D eigenvalue weighted by molar-refractivity contribution is -0.178. The van der Waals surface area contributed by atoms with Crippen LogP contribution in [-0.4, -0.2) is 64.8 Å². The monoisotopic (exact) mass is 426 g/mol. The molecule has 0 saturated carbocycles. The zero-order chi connectivity index (χ0) is 21.8. The highest BCUT2D eigenvalue weighted by Gasteiger charge is 2.35. The van der Waals surface area contributed by atoms with Crippen molar-refractivity contribution in [3.63, 3.8) is 0 Å². The van der Waals surface area contributed by atoms with Gasteiger partial charge in [-0.15, -0.1) is 0 Å². The Morgan fingerprint density at radius 2 is 2.03 bits per heavy atom. The third-order valence-corrected chi connectivity index (χ3v) is 5.21. The Kier molecular flexibility index (Phi) is 6.55. The quantitative estimate of drug-likeness (QED) is 0.715. The van der Waals surface area contributed by atoms with Gasteiger partial charge in [0.2, 0.25) is 0 Å². The van der Waals surface area contributed by atoms with Gasteiger partial charge in [0.15, 0.2) is 6.10 Å². The minimum Gasteiger partial charge on any atom is -0.394 e. The Balaban J connectivity index is 1.39. The topological polar surface area (TPSA) is 115 Å². The summed E-state index contributed by atoms with van der Waals surface area (Å²) < 4.78 is 11.3. The molecule has 2 N–H and O–H groups in total. The third-order valence-electron chi connectivity index (χ3n) is 5.21. The Morgan fingerprint density at radius 1 is 1.16 bits per heavy atom. The van der Waals surface area contributed by atoms with E-state index in [1.54, 1.807) is 13.0 Å². The van der Waals surface area contributed by atoms with Crippen LogP contribution in [0.4, 0.5) is 0 Å². The van der Waals surface area contributed by atoms with Crippen LogP contribution in [-0.2, 0) is 20.9 Å². The maximum absolute atomic E-state index is 12.7. The molecule has 2 aliphatic heterocycles. The molecule has 4 rings (SSSR count). The molecule has 1 amide bonds. The van der Waals surface area contributed by atoms with E-state index in [0.29, 0.717) is 43.4 Å². The second-order valence-electron chi connectivity index (χ2n) is 7.75. The van der Waals surface area contributed by atoms with Gasteiger partial charge in [-0.25, -0.2) is 9.97 Å². The number of aliphatic hydroxyl groups excluding tert-OH is 1. The fourth-order valence-corrected chi connectivity index (χ4v) is 3.55. The maximum Gasteiger partial charge on any atom is 0.270 e. The number of aliphatic hydroxyl groups is 1. The van der Waals surface area contributed by atoms with Gasteiger partial charge in [-0.1, -0.05) is 35.0 Å². The van der Waals surface area contributed by atoms with Crippen LogP contribution in [0.2, 0.25) is 0 Å². The van der Waals surface area contributed by atoms with Crippen molar-refractivity contribution in [2.45, 2.75) is 45.1 Å². The number of hydrogen-bond acceptors (Lipinski definition) is 8. The van der Waals surface area contributed by atoms with E-state index in [1.807, 2.05) is 31.2 Å². The van der Waals surface area contributed by atoms with Gasteiger partial charge in [-0.05, 0) is 25.5 Å². The standard InChI is InChI=1S/C22H26N4O5/c1-13-4-3-5-15(6-13)9-23-22(28)19-7-17(24-14(2)25-19)18-8-20(31-26-18)21-12-29-16(10-27)11-30-21/h3-7,16,20-21,27H,8-12H2,1-2H3,(H,23,28)/t16-,20+,21-/m1/s1. The number of amides is 1. The number of carbonyl (C=O) groups excluding carboxylic acids is 1. The molecule has 0 bridgehead atoms. The Hall–Kier alpha value is -2.88. The summed E-state index contributed by atoms with van der Waals surface area (Å²) in [6.07, 6.45) is -0.394. The van der Waals surface area contributed by atoms with Crippen molar-refractivity contribution in [1.82, 2.24) is 15.3 Å². The van der Waals surface area contributed by atoms with Crippen LogP contribution in [0, 0.1) is 13.8 Å². The molecule has 0 aliphatic carbocycles. The number of nitrogens with zero attached hydrogens (tertiary/aromatic N) is 3. The molecular weight excluding hydrogens is 400 g/mol. The molecule has 1 aromatic carbocycles. The molecule has 1 fully saturated rings. The smallest absolute Gasteiger partial charge is 0.270 e. The van der Waals surface area contributed by atoms with Gasteiger partial charge in [-0.2, -0.15) is 0 Å². The minimum atomic E-state index is -0.302. The molecule has 3 heterocycles. The average molecular weight is 426 g/mol. The molecule has 2 aromatic rings. The number of carbonyl (C=O) groups is 1. The van der Waals surface area contributed by atoms with E-state index in [-0.39, 0.29) is 36.5 Å². The molecule has 31 heavy (non-hydrogen) atoms. The lowest BCUT2D eigenvalue weighted by Crippen LogP contribution is -2.43. The third kappa shape index (κ3) is 5.25. The number of benzene rings is 1. The molecule has 1 aromatic heterocycles. The van der Waals surface area contributed by atoms with Gasteiger partial charge >= 0.3 is 0 Å². The van der Waals surface area contributed by atoms with Crippen molar-refractivity contribution in [2.24, 2.45) is 5.16 Å². The molecule has 1 saturated heterocycles. The van der Waals surface area contributed by atoms with Crippen LogP contribution in [0.15, 0.2) is 35.5 Å². The molecule has 0 radical (unpaired) electrons. The summed E-state index contributed by atoms with van der Waals surface area (Å²) in [5.74, 6) is 0.204. The van der Waals surface area contributed by atoms with E-state index in [1.165, 1.54) is 0 Å². The zero-order valence-electron chi connectivity index (χ0n) is 17.6. The second kappa shape index (κ2) is 9.51. The average Bonchev–Trinajstić information content (AvgIpc) is 3.27. The molecule has 164 valence electrons. The molecule has 0 spiro atoms. The van der Waals surface area contributed by atoms with Crippen LogP contribution in [0.5, 0.6) is 0 Å². The van der Waals surface area contributed by atoms with Gasteiger partial charge in [0, 0.05) is 13.0 Å². The van der Waals surface area contributed by atoms with Gasteiger partial charge in [0.1, 0.15) is 29.4 Å². The van der Waals surface area contributed by atoms with Crippen molar-refractivity contribution >= 4 is 11.6 Å². The van der Waals surface area contributed by atoms with Crippen molar-refractivity contribution < 1.29 is 24.2 Å². The Morgan fingerprint density at radius 3 is 2.77 bits per heavy atom. The van der Waals surface area contributed by atoms with E-state index < -0.39 is 0 Å². The van der Waals surface area contributed by atoms with Gasteiger partial charge in [0.25, 0.3) is 5.91 Å². The molecule has 0 unspecified atom stereocenters. The first-order chi connectivity index (χ1) is 15.0. The van der Waals surface area contributed by atoms with Crippen LogP contribution < -0.4 is 5.32 Å². The number of oxime groups is 1. The molecule has 3 atom stereocenters. The maximum atomic E-state index is 12.7. The Labute approximate surface area is 180 Å². The van der Waals surface area contributed by atoms with E-state index >= 15 is 0 Å². The summed E-state index contributed by atoms with van der Waals surface area (Å²) in [6.45, 7) is 4.73. The summed E-state index contributed by atoms with van der Waals surface area (Å²) in [5.41, 5.74) is 3.63. The molecular formula is C22H26N4O5.